The van der Waals surface area contributed by atoms with Crippen LogP contribution in [0.2, 0.25) is 0 Å². The topological polar surface area (TPSA) is 62.4 Å². The summed E-state index contributed by atoms with van der Waals surface area (Å²) in [5.41, 5.74) is 11.6. The second kappa shape index (κ2) is 12.7. The van der Waals surface area contributed by atoms with Gasteiger partial charge < -0.3 is 13.7 Å². The summed E-state index contributed by atoms with van der Waals surface area (Å²) in [5.74, 6) is -0.0139. The molecule has 1 aliphatic carbocycles. The largest absolute Gasteiger partial charge is 0.310 e. The summed E-state index contributed by atoms with van der Waals surface area (Å²) in [7, 11) is 0. The number of hydrogen-bond acceptors (Lipinski definition) is 2. The molecule has 0 bridgehead atoms. The van der Waals surface area contributed by atoms with Gasteiger partial charge in [-0.15, -0.1) is 0 Å². The SMILES string of the molecule is CC1C=CC(n2c3ccccc3c3ccccc32)=CCC1c1c(-n2c3ccccc3c3c4c5ccccc5n(-c5ccccc5)c4ccc32)ccc(C#N)c1C#N. The molecular weight excluding hydrogens is 695 g/mol. The summed E-state index contributed by atoms with van der Waals surface area (Å²) < 4.78 is 7.06. The number of nitriles is 2. The molecular formula is C52H35N5. The monoisotopic (exact) mass is 729 g/mol. The first-order chi connectivity index (χ1) is 28.2. The molecule has 0 amide bonds. The second-order valence-electron chi connectivity index (χ2n) is 15.1. The van der Waals surface area contributed by atoms with Gasteiger partial charge in [0.1, 0.15) is 12.1 Å². The summed E-state index contributed by atoms with van der Waals surface area (Å²) in [6, 6.07) is 58.2. The number of fused-ring (bicyclic) bond motifs is 10. The van der Waals surface area contributed by atoms with Crippen molar-refractivity contribution in [3.05, 3.63) is 187 Å². The van der Waals surface area contributed by atoms with Gasteiger partial charge >= 0.3 is 0 Å². The second-order valence-corrected chi connectivity index (χ2v) is 15.1. The lowest BCUT2D eigenvalue weighted by atomic mass is 9.80. The highest BCUT2D eigenvalue weighted by molar-refractivity contribution is 6.29. The van der Waals surface area contributed by atoms with Gasteiger partial charge in [0.15, 0.2) is 0 Å². The highest BCUT2D eigenvalue weighted by atomic mass is 15.0. The zero-order valence-electron chi connectivity index (χ0n) is 31.3. The van der Waals surface area contributed by atoms with Crippen molar-refractivity contribution in [2.75, 3.05) is 0 Å². The van der Waals surface area contributed by atoms with Gasteiger partial charge in [-0.1, -0.05) is 110 Å². The van der Waals surface area contributed by atoms with Crippen molar-refractivity contribution >= 4 is 71.1 Å². The number of allylic oxidation sites excluding steroid dienone is 4. The summed E-state index contributed by atoms with van der Waals surface area (Å²) in [6.45, 7) is 2.24. The minimum atomic E-state index is -0.0790. The number of para-hydroxylation sites is 5. The molecule has 1 aliphatic rings. The predicted octanol–water partition coefficient (Wildman–Crippen LogP) is 13.0. The van der Waals surface area contributed by atoms with Crippen molar-refractivity contribution in [3.63, 3.8) is 0 Å². The van der Waals surface area contributed by atoms with Gasteiger partial charge in [-0.25, -0.2) is 0 Å². The molecule has 0 radical (unpaired) electrons. The Balaban J connectivity index is 1.17. The zero-order chi connectivity index (χ0) is 38.2. The van der Waals surface area contributed by atoms with E-state index in [1.54, 1.807) is 0 Å². The fourth-order valence-corrected chi connectivity index (χ4v) is 9.69. The van der Waals surface area contributed by atoms with Crippen molar-refractivity contribution in [2.45, 2.75) is 19.3 Å². The number of hydrogen-bond donors (Lipinski definition) is 0. The van der Waals surface area contributed by atoms with Crippen molar-refractivity contribution in [2.24, 2.45) is 5.92 Å². The Morgan fingerprint density at radius 1 is 0.509 bits per heavy atom. The highest BCUT2D eigenvalue weighted by Crippen LogP contribution is 2.46. The molecule has 2 unspecified atom stereocenters. The van der Waals surface area contributed by atoms with E-state index in [9.17, 15) is 10.5 Å². The molecule has 0 aliphatic heterocycles. The van der Waals surface area contributed by atoms with Crippen LogP contribution < -0.4 is 0 Å². The molecule has 11 rings (SSSR count). The molecule has 5 nitrogen and oxygen atoms in total. The van der Waals surface area contributed by atoms with Crippen LogP contribution in [0.4, 0.5) is 0 Å². The van der Waals surface area contributed by atoms with Gasteiger partial charge in [-0.3, -0.25) is 0 Å². The summed E-state index contributed by atoms with van der Waals surface area (Å²) in [6.07, 6.45) is 7.53. The fraction of sp³-hybridized carbons (Fsp3) is 0.0769. The van der Waals surface area contributed by atoms with Crippen LogP contribution in [0, 0.1) is 28.6 Å². The maximum Gasteiger partial charge on any atom is 0.101 e. The van der Waals surface area contributed by atoms with Gasteiger partial charge in [0.05, 0.1) is 49.9 Å². The van der Waals surface area contributed by atoms with Crippen LogP contribution in [0.25, 0.3) is 82.5 Å². The van der Waals surface area contributed by atoms with Gasteiger partial charge in [-0.05, 0) is 90.6 Å². The van der Waals surface area contributed by atoms with E-state index in [0.29, 0.717) is 17.5 Å². The van der Waals surface area contributed by atoms with Gasteiger partial charge in [0, 0.05) is 43.7 Å². The third-order valence-corrected chi connectivity index (χ3v) is 12.2. The first kappa shape index (κ1) is 32.8. The lowest BCUT2D eigenvalue weighted by Gasteiger charge is -2.25. The van der Waals surface area contributed by atoms with Crippen LogP contribution in [0.5, 0.6) is 0 Å². The maximum atomic E-state index is 10.9. The average molecular weight is 730 g/mol. The zero-order valence-corrected chi connectivity index (χ0v) is 31.3. The van der Waals surface area contributed by atoms with Crippen molar-refractivity contribution in [3.8, 4) is 23.5 Å². The van der Waals surface area contributed by atoms with E-state index in [2.05, 4.69) is 197 Å². The first-order valence-corrected chi connectivity index (χ1v) is 19.5. The van der Waals surface area contributed by atoms with Crippen molar-refractivity contribution in [1.29, 1.82) is 10.5 Å². The van der Waals surface area contributed by atoms with Crippen LogP contribution in [0.1, 0.15) is 36.0 Å². The lowest BCUT2D eigenvalue weighted by molar-refractivity contribution is 0.552. The Labute approximate surface area is 329 Å². The average Bonchev–Trinajstić information content (AvgIpc) is 3.85. The van der Waals surface area contributed by atoms with Gasteiger partial charge in [0.2, 0.25) is 0 Å². The Morgan fingerprint density at radius 3 is 1.63 bits per heavy atom. The Morgan fingerprint density at radius 2 is 1.04 bits per heavy atom. The molecule has 2 atom stereocenters. The number of nitrogens with zero attached hydrogens (tertiary/aromatic N) is 5. The minimum absolute atomic E-state index is 0.0651. The van der Waals surface area contributed by atoms with E-state index in [0.717, 1.165) is 61.1 Å². The molecule has 268 valence electrons. The van der Waals surface area contributed by atoms with Crippen molar-refractivity contribution < 1.29 is 0 Å². The van der Waals surface area contributed by atoms with Gasteiger partial charge in [-0.2, -0.15) is 10.5 Å². The normalized spacial score (nSPS) is 15.7. The standard InChI is InChI=1S/C52H35N5/c1-33-23-25-36(55-43-19-9-5-15-38(43)39-16-6-10-20-44(39)55)26-27-37(33)50-42(32-54)34(31-53)24-28-47(50)57-46-22-12-8-18-41(46)52-49(57)30-29-48-51(52)40-17-7-11-21-45(40)56(48)35-13-3-2-4-14-35/h2-26,28-30,33,37H,27H2,1H3. The first-order valence-electron chi connectivity index (χ1n) is 19.5. The van der Waals surface area contributed by atoms with E-state index < -0.39 is 0 Å². The number of rotatable bonds is 4. The predicted molar refractivity (Wildman–Crippen MR) is 234 cm³/mol. The van der Waals surface area contributed by atoms with Crippen LogP contribution in [-0.4, -0.2) is 13.7 Å². The molecule has 57 heavy (non-hydrogen) atoms. The van der Waals surface area contributed by atoms with Gasteiger partial charge in [0.25, 0.3) is 0 Å². The van der Waals surface area contributed by atoms with Crippen LogP contribution in [0.15, 0.2) is 170 Å². The fourth-order valence-electron chi connectivity index (χ4n) is 9.69. The Bertz CT molecular complexity index is 3380. The molecule has 0 spiro atoms. The van der Waals surface area contributed by atoms with E-state index in [-0.39, 0.29) is 11.8 Å². The Kier molecular flexibility index (Phi) is 7.33. The van der Waals surface area contributed by atoms with Crippen LogP contribution >= 0.6 is 0 Å². The minimum Gasteiger partial charge on any atom is -0.310 e. The molecule has 7 aromatic carbocycles. The van der Waals surface area contributed by atoms with Crippen LogP contribution in [-0.2, 0) is 0 Å². The molecule has 3 aromatic heterocycles. The summed E-state index contributed by atoms with van der Waals surface area (Å²) >= 11 is 0. The molecule has 0 N–H and O–H groups in total. The summed E-state index contributed by atoms with van der Waals surface area (Å²) in [4.78, 5) is 0. The number of aromatic nitrogens is 3. The van der Waals surface area contributed by atoms with E-state index in [4.69, 9.17) is 0 Å². The number of benzene rings is 7. The summed E-state index contributed by atoms with van der Waals surface area (Å²) in [5, 5.41) is 28.5. The third-order valence-electron chi connectivity index (χ3n) is 12.2. The van der Waals surface area contributed by atoms with Crippen LogP contribution in [0.3, 0.4) is 0 Å². The van der Waals surface area contributed by atoms with E-state index in [1.807, 2.05) is 6.07 Å². The third kappa shape index (κ3) is 4.73. The molecule has 5 heteroatoms. The quantitative estimate of drug-likeness (QED) is 0.181. The Hall–Kier alpha value is -7.60. The maximum absolute atomic E-state index is 10.9. The molecule has 0 saturated heterocycles. The molecule has 3 heterocycles. The molecule has 0 fully saturated rings. The molecule has 10 aromatic rings. The smallest absolute Gasteiger partial charge is 0.101 e. The van der Waals surface area contributed by atoms with E-state index >= 15 is 0 Å². The molecule has 0 saturated carbocycles. The van der Waals surface area contributed by atoms with Crippen molar-refractivity contribution in [1.82, 2.24) is 13.7 Å². The highest BCUT2D eigenvalue weighted by Gasteiger charge is 2.30. The lowest BCUT2D eigenvalue weighted by Crippen LogP contribution is -2.14. The van der Waals surface area contributed by atoms with E-state index in [1.165, 1.54) is 26.9 Å².